The molecule has 2 aromatic rings. The summed E-state index contributed by atoms with van der Waals surface area (Å²) in [6.45, 7) is 2.18. The third-order valence-corrected chi connectivity index (χ3v) is 3.12. The van der Waals surface area contributed by atoms with Crippen molar-refractivity contribution < 1.29 is 4.79 Å². The van der Waals surface area contributed by atoms with Gasteiger partial charge >= 0.3 is 0 Å². The van der Waals surface area contributed by atoms with Gasteiger partial charge in [-0.1, -0.05) is 11.6 Å². The van der Waals surface area contributed by atoms with Crippen LogP contribution in [-0.4, -0.2) is 10.5 Å². The molecule has 1 aromatic carbocycles. The first-order valence-corrected chi connectivity index (χ1v) is 6.35. The van der Waals surface area contributed by atoms with E-state index in [0.717, 1.165) is 12.2 Å². The Morgan fingerprint density at radius 3 is 2.74 bits per heavy atom. The molecule has 19 heavy (non-hydrogen) atoms. The molecule has 4 nitrogen and oxygen atoms in total. The van der Waals surface area contributed by atoms with Crippen LogP contribution in [0.2, 0.25) is 5.02 Å². The Morgan fingerprint density at radius 1 is 1.37 bits per heavy atom. The summed E-state index contributed by atoms with van der Waals surface area (Å²) in [5.41, 5.74) is 2.72. The summed E-state index contributed by atoms with van der Waals surface area (Å²) in [6, 6.07) is 9.54. The van der Waals surface area contributed by atoms with E-state index in [1.165, 1.54) is 12.6 Å². The van der Waals surface area contributed by atoms with Gasteiger partial charge in [-0.25, -0.2) is 0 Å². The maximum absolute atomic E-state index is 11.0. The molecule has 0 unspecified atom stereocenters. The first-order valence-electron chi connectivity index (χ1n) is 5.97. The number of rotatable bonds is 4. The van der Waals surface area contributed by atoms with Crippen LogP contribution >= 0.6 is 11.6 Å². The predicted octanol–water partition coefficient (Wildman–Crippen LogP) is 3.25. The van der Waals surface area contributed by atoms with Crippen molar-refractivity contribution in [1.82, 2.24) is 4.57 Å². The first-order chi connectivity index (χ1) is 9.06. The zero-order chi connectivity index (χ0) is 13.8. The smallest absolute Gasteiger partial charge is 0.221 e. The normalized spacial score (nSPS) is 10.3. The van der Waals surface area contributed by atoms with Gasteiger partial charge in [0.05, 0.1) is 17.3 Å². The average molecular weight is 278 g/mol. The third-order valence-electron chi connectivity index (χ3n) is 2.80. The number of amides is 1. The maximum Gasteiger partial charge on any atom is 0.221 e. The molecule has 0 atom stereocenters. The number of anilines is 2. The fraction of sp³-hybridized carbons (Fsp3) is 0.214. The fourth-order valence-corrected chi connectivity index (χ4v) is 2.02. The van der Waals surface area contributed by atoms with Crippen molar-refractivity contribution in [3.8, 4) is 0 Å². The SMILES string of the molecule is CC(=O)Nc1ccc(NCc2cccn2C)cc1Cl. The molecule has 0 radical (unpaired) electrons. The van der Waals surface area contributed by atoms with Crippen LogP contribution in [-0.2, 0) is 18.4 Å². The van der Waals surface area contributed by atoms with Gasteiger partial charge in [-0.3, -0.25) is 4.79 Å². The van der Waals surface area contributed by atoms with Gasteiger partial charge in [0.25, 0.3) is 0 Å². The lowest BCUT2D eigenvalue weighted by molar-refractivity contribution is -0.114. The molecule has 0 bridgehead atoms. The Morgan fingerprint density at radius 2 is 2.16 bits per heavy atom. The van der Waals surface area contributed by atoms with Crippen molar-refractivity contribution in [1.29, 1.82) is 0 Å². The maximum atomic E-state index is 11.0. The van der Waals surface area contributed by atoms with E-state index in [4.69, 9.17) is 11.6 Å². The molecule has 0 spiro atoms. The minimum absolute atomic E-state index is 0.133. The second-order valence-electron chi connectivity index (χ2n) is 4.34. The van der Waals surface area contributed by atoms with Gasteiger partial charge in [0, 0.05) is 31.5 Å². The van der Waals surface area contributed by atoms with Crippen molar-refractivity contribution >= 4 is 28.9 Å². The van der Waals surface area contributed by atoms with Crippen molar-refractivity contribution in [3.05, 3.63) is 47.2 Å². The average Bonchev–Trinajstić information content (AvgIpc) is 2.75. The van der Waals surface area contributed by atoms with Crippen LogP contribution in [0.15, 0.2) is 36.5 Å². The number of hydrogen-bond donors (Lipinski definition) is 2. The zero-order valence-electron chi connectivity index (χ0n) is 10.9. The van der Waals surface area contributed by atoms with Crippen LogP contribution in [0.25, 0.3) is 0 Å². The molecule has 0 fully saturated rings. The third kappa shape index (κ3) is 3.51. The number of aromatic nitrogens is 1. The van der Waals surface area contributed by atoms with Gasteiger partial charge in [0.2, 0.25) is 5.91 Å². The highest BCUT2D eigenvalue weighted by molar-refractivity contribution is 6.34. The summed E-state index contributed by atoms with van der Waals surface area (Å²) in [7, 11) is 2.00. The number of carbonyl (C=O) groups is 1. The van der Waals surface area contributed by atoms with Crippen molar-refractivity contribution in [2.24, 2.45) is 7.05 Å². The molecule has 1 amide bonds. The molecule has 0 aliphatic heterocycles. The second-order valence-corrected chi connectivity index (χ2v) is 4.75. The summed E-state index contributed by atoms with van der Waals surface area (Å²) in [5, 5.41) is 6.49. The van der Waals surface area contributed by atoms with Crippen molar-refractivity contribution in [2.45, 2.75) is 13.5 Å². The summed E-state index contributed by atoms with van der Waals surface area (Å²) in [6.07, 6.45) is 2.00. The van der Waals surface area contributed by atoms with E-state index in [0.29, 0.717) is 10.7 Å². The van der Waals surface area contributed by atoms with E-state index in [1.54, 1.807) is 12.1 Å². The number of aryl methyl sites for hydroxylation is 1. The Balaban J connectivity index is 2.04. The molecule has 0 saturated carbocycles. The summed E-state index contributed by atoms with van der Waals surface area (Å²) in [5.74, 6) is -0.133. The van der Waals surface area contributed by atoms with Gasteiger partial charge in [0.15, 0.2) is 0 Å². The number of carbonyl (C=O) groups excluding carboxylic acids is 1. The van der Waals surface area contributed by atoms with Gasteiger partial charge in [0.1, 0.15) is 0 Å². The monoisotopic (exact) mass is 277 g/mol. The number of halogens is 1. The number of hydrogen-bond acceptors (Lipinski definition) is 2. The van der Waals surface area contributed by atoms with Crippen LogP contribution in [0.3, 0.4) is 0 Å². The molecule has 2 rings (SSSR count). The number of nitrogens with one attached hydrogen (secondary N) is 2. The van der Waals surface area contributed by atoms with Crippen molar-refractivity contribution in [2.75, 3.05) is 10.6 Å². The molecule has 1 heterocycles. The van der Waals surface area contributed by atoms with Crippen LogP contribution in [0.4, 0.5) is 11.4 Å². The molecule has 100 valence electrons. The minimum atomic E-state index is -0.133. The quantitative estimate of drug-likeness (QED) is 0.901. The van der Waals surface area contributed by atoms with Crippen molar-refractivity contribution in [3.63, 3.8) is 0 Å². The van der Waals surface area contributed by atoms with Gasteiger partial charge < -0.3 is 15.2 Å². The zero-order valence-corrected chi connectivity index (χ0v) is 11.7. The molecule has 0 saturated heterocycles. The molecule has 2 N–H and O–H groups in total. The summed E-state index contributed by atoms with van der Waals surface area (Å²) < 4.78 is 2.06. The Labute approximate surface area is 117 Å². The molecule has 5 heteroatoms. The first kappa shape index (κ1) is 13.5. The molecular formula is C14H16ClN3O. The van der Waals surface area contributed by atoms with Gasteiger partial charge in [-0.2, -0.15) is 0 Å². The molecule has 1 aromatic heterocycles. The largest absolute Gasteiger partial charge is 0.379 e. The lowest BCUT2D eigenvalue weighted by Gasteiger charge is -2.10. The van der Waals surface area contributed by atoms with E-state index in [2.05, 4.69) is 21.3 Å². The lowest BCUT2D eigenvalue weighted by Crippen LogP contribution is -2.07. The second kappa shape index (κ2) is 5.80. The van der Waals surface area contributed by atoms with E-state index in [-0.39, 0.29) is 5.91 Å². The van der Waals surface area contributed by atoms with E-state index in [1.807, 2.05) is 25.4 Å². The van der Waals surface area contributed by atoms with E-state index in [9.17, 15) is 4.79 Å². The summed E-state index contributed by atoms with van der Waals surface area (Å²) in [4.78, 5) is 11.0. The van der Waals surface area contributed by atoms with Gasteiger partial charge in [-0.05, 0) is 30.3 Å². The molecule has 0 aliphatic carbocycles. The topological polar surface area (TPSA) is 46.1 Å². The molecule has 0 aliphatic rings. The van der Waals surface area contributed by atoms with Gasteiger partial charge in [-0.15, -0.1) is 0 Å². The highest BCUT2D eigenvalue weighted by Gasteiger charge is 2.04. The van der Waals surface area contributed by atoms with Crippen LogP contribution in [0, 0.1) is 0 Å². The Hall–Kier alpha value is -1.94. The minimum Gasteiger partial charge on any atom is -0.379 e. The Bertz CT molecular complexity index is 592. The van der Waals surface area contributed by atoms with E-state index >= 15 is 0 Å². The van der Waals surface area contributed by atoms with Crippen LogP contribution < -0.4 is 10.6 Å². The van der Waals surface area contributed by atoms with Crippen LogP contribution in [0.5, 0.6) is 0 Å². The highest BCUT2D eigenvalue weighted by atomic mass is 35.5. The van der Waals surface area contributed by atoms with E-state index < -0.39 is 0 Å². The number of benzene rings is 1. The predicted molar refractivity (Wildman–Crippen MR) is 78.5 cm³/mol. The number of nitrogens with zero attached hydrogens (tertiary/aromatic N) is 1. The lowest BCUT2D eigenvalue weighted by atomic mass is 10.2. The molecular weight excluding hydrogens is 262 g/mol. The summed E-state index contributed by atoms with van der Waals surface area (Å²) >= 11 is 6.11. The van der Waals surface area contributed by atoms with Crippen LogP contribution in [0.1, 0.15) is 12.6 Å². The fourth-order valence-electron chi connectivity index (χ4n) is 1.79. The highest BCUT2D eigenvalue weighted by Crippen LogP contribution is 2.25. The standard InChI is InChI=1S/C14H16ClN3O/c1-10(19)17-14-6-5-11(8-13(14)15)16-9-12-4-3-7-18(12)2/h3-8,16H,9H2,1-2H3,(H,17,19). The Kier molecular flexibility index (Phi) is 4.12.